The fourth-order valence-corrected chi connectivity index (χ4v) is 6.12. The van der Waals surface area contributed by atoms with E-state index in [0.29, 0.717) is 0 Å². The van der Waals surface area contributed by atoms with Crippen LogP contribution in [-0.4, -0.2) is 57.0 Å². The minimum atomic E-state index is -1.45. The van der Waals surface area contributed by atoms with E-state index in [1.54, 1.807) is 19.9 Å². The molecule has 0 bridgehead atoms. The van der Waals surface area contributed by atoms with Gasteiger partial charge < -0.3 is 24.3 Å². The zero-order chi connectivity index (χ0) is 30.6. The molecule has 1 N–H and O–H groups in total. The monoisotopic (exact) mass is 585 g/mol. The van der Waals surface area contributed by atoms with Crippen LogP contribution in [0, 0.1) is 5.41 Å². The lowest BCUT2D eigenvalue weighted by Crippen LogP contribution is -2.43. The number of rotatable bonds is 10. The van der Waals surface area contributed by atoms with Crippen molar-refractivity contribution in [1.29, 1.82) is 0 Å². The zero-order valence-corrected chi connectivity index (χ0v) is 24.5. The molecule has 224 valence electrons. The van der Waals surface area contributed by atoms with E-state index >= 15 is 0 Å². The van der Waals surface area contributed by atoms with Crippen LogP contribution in [-0.2, 0) is 52.6 Å². The van der Waals surface area contributed by atoms with E-state index in [1.165, 1.54) is 7.11 Å². The molecule has 43 heavy (non-hydrogen) atoms. The Bertz CT molecular complexity index is 1480. The molecule has 0 heterocycles. The molecule has 3 aromatic rings. The van der Waals surface area contributed by atoms with Crippen LogP contribution >= 0.6 is 0 Å². The van der Waals surface area contributed by atoms with Crippen molar-refractivity contribution in [3.8, 4) is 11.1 Å². The molecule has 2 aliphatic rings. The number of alkyl carbamates (subject to hydrolysis) is 1. The molecule has 0 saturated carbocycles. The maximum atomic E-state index is 12.9. The number of methoxy groups -OCH3 is 1. The third kappa shape index (κ3) is 5.84. The maximum Gasteiger partial charge on any atom is 0.407 e. The minimum absolute atomic E-state index is 0.108. The Hall–Kier alpha value is -4.66. The number of hydrogen-bond donors (Lipinski definition) is 1. The predicted molar refractivity (Wildman–Crippen MR) is 157 cm³/mol. The van der Waals surface area contributed by atoms with Gasteiger partial charge in [0.25, 0.3) is 0 Å². The highest BCUT2D eigenvalue weighted by Crippen LogP contribution is 2.44. The van der Waals surface area contributed by atoms with E-state index in [-0.39, 0.29) is 45.0 Å². The van der Waals surface area contributed by atoms with Crippen LogP contribution in [0.3, 0.4) is 0 Å². The van der Waals surface area contributed by atoms with Crippen LogP contribution in [0.2, 0.25) is 0 Å². The van der Waals surface area contributed by atoms with Crippen LogP contribution in [0.4, 0.5) is 4.79 Å². The van der Waals surface area contributed by atoms with Gasteiger partial charge in [0, 0.05) is 12.3 Å². The number of hydrogen-bond acceptors (Lipinski definition) is 8. The van der Waals surface area contributed by atoms with Gasteiger partial charge in [-0.3, -0.25) is 9.59 Å². The van der Waals surface area contributed by atoms with E-state index in [1.807, 2.05) is 48.5 Å². The quantitative estimate of drug-likeness (QED) is 0.210. The van der Waals surface area contributed by atoms with Gasteiger partial charge in [-0.2, -0.15) is 0 Å². The highest BCUT2D eigenvalue weighted by atomic mass is 16.6. The first-order chi connectivity index (χ1) is 20.8. The highest BCUT2D eigenvalue weighted by molar-refractivity contribution is 6.01. The molecule has 1 unspecified atom stereocenters. The van der Waals surface area contributed by atoms with Gasteiger partial charge in [0.05, 0.1) is 20.3 Å². The molecule has 0 saturated heterocycles. The second-order valence-corrected chi connectivity index (χ2v) is 10.7. The average Bonchev–Trinajstić information content (AvgIpc) is 3.56. The maximum absolute atomic E-state index is 12.9. The first kappa shape index (κ1) is 29.8. The molecule has 0 aromatic heterocycles. The van der Waals surface area contributed by atoms with Crippen LogP contribution in [0.25, 0.3) is 11.1 Å². The molecule has 0 radical (unpaired) electrons. The van der Waals surface area contributed by atoms with Crippen molar-refractivity contribution in [1.82, 2.24) is 5.32 Å². The Morgan fingerprint density at radius 2 is 1.40 bits per heavy atom. The molecule has 5 rings (SSSR count). The summed E-state index contributed by atoms with van der Waals surface area (Å²) in [5.41, 5.74) is 5.27. The van der Waals surface area contributed by atoms with Crippen molar-refractivity contribution in [2.45, 2.75) is 45.1 Å². The second-order valence-electron chi connectivity index (χ2n) is 10.7. The number of ether oxygens (including phenoxy) is 4. The van der Waals surface area contributed by atoms with Gasteiger partial charge in [-0.1, -0.05) is 66.7 Å². The van der Waals surface area contributed by atoms with Crippen molar-refractivity contribution in [3.05, 3.63) is 94.5 Å². The minimum Gasteiger partial charge on any atom is -0.467 e. The number of benzene rings is 3. The van der Waals surface area contributed by atoms with E-state index in [2.05, 4.69) is 17.4 Å². The molecule has 9 heteroatoms. The molecule has 0 fully saturated rings. The van der Waals surface area contributed by atoms with Gasteiger partial charge in [0.2, 0.25) is 0 Å². The molecule has 1 atom stereocenters. The molecular weight excluding hydrogens is 550 g/mol. The largest absolute Gasteiger partial charge is 0.467 e. The summed E-state index contributed by atoms with van der Waals surface area (Å²) in [7, 11) is 1.25. The molecule has 1 amide bonds. The van der Waals surface area contributed by atoms with Crippen molar-refractivity contribution >= 4 is 24.0 Å². The van der Waals surface area contributed by atoms with Crippen molar-refractivity contribution < 1.29 is 38.1 Å². The van der Waals surface area contributed by atoms with E-state index in [4.69, 9.17) is 18.9 Å². The summed E-state index contributed by atoms with van der Waals surface area (Å²) in [5.74, 6) is -1.97. The summed E-state index contributed by atoms with van der Waals surface area (Å²) in [6.07, 6.45) is -0.326. The number of carbonyl (C=O) groups excluding carboxylic acids is 4. The fourth-order valence-electron chi connectivity index (χ4n) is 6.12. The van der Waals surface area contributed by atoms with E-state index in [9.17, 15) is 19.2 Å². The average molecular weight is 586 g/mol. The predicted octanol–water partition coefficient (Wildman–Crippen LogP) is 4.52. The third-order valence-electron chi connectivity index (χ3n) is 8.15. The summed E-state index contributed by atoms with van der Waals surface area (Å²) in [6.45, 7) is 3.77. The standard InChI is InChI=1S/C34H35NO8/c1-4-41-31(37)34(32(38)42-5-2)18-22-15-14-21(16-23(22)19-34)17-29(30(36)40-3)35-33(39)43-20-28-26-12-8-6-10-24(26)25-11-7-9-13-27(25)28/h6-16,28-29H,4-5,17-20H2,1-3H3,(H,35,39). The summed E-state index contributed by atoms with van der Waals surface area (Å²) >= 11 is 0. The third-order valence-corrected chi connectivity index (χ3v) is 8.15. The Morgan fingerprint density at radius 1 is 0.814 bits per heavy atom. The number of esters is 3. The van der Waals surface area contributed by atoms with E-state index < -0.39 is 35.5 Å². The first-order valence-electron chi connectivity index (χ1n) is 14.5. The van der Waals surface area contributed by atoms with Gasteiger partial charge in [-0.15, -0.1) is 0 Å². The molecule has 3 aromatic carbocycles. The number of carbonyl (C=O) groups is 4. The van der Waals surface area contributed by atoms with Crippen LogP contribution in [0.5, 0.6) is 0 Å². The fraction of sp³-hybridized carbons (Fsp3) is 0.353. The van der Waals surface area contributed by atoms with Crippen molar-refractivity contribution in [3.63, 3.8) is 0 Å². The summed E-state index contributed by atoms with van der Waals surface area (Å²) < 4.78 is 21.1. The zero-order valence-electron chi connectivity index (χ0n) is 24.5. The van der Waals surface area contributed by atoms with Gasteiger partial charge in [-0.25, -0.2) is 9.59 Å². The summed E-state index contributed by atoms with van der Waals surface area (Å²) in [4.78, 5) is 51.5. The number of amides is 1. The lowest BCUT2D eigenvalue weighted by molar-refractivity contribution is -0.171. The Labute approximate surface area is 250 Å². The van der Waals surface area contributed by atoms with Crippen molar-refractivity contribution in [2.24, 2.45) is 5.41 Å². The summed E-state index contributed by atoms with van der Waals surface area (Å²) in [5, 5.41) is 2.66. The Kier molecular flexibility index (Phi) is 8.80. The van der Waals surface area contributed by atoms with Crippen LogP contribution in [0.15, 0.2) is 66.7 Å². The topological polar surface area (TPSA) is 117 Å². The molecule has 0 aliphatic heterocycles. The first-order valence-corrected chi connectivity index (χ1v) is 14.5. The van der Waals surface area contributed by atoms with Crippen LogP contribution in [0.1, 0.15) is 47.6 Å². The Balaban J connectivity index is 1.28. The highest BCUT2D eigenvalue weighted by Gasteiger charge is 2.53. The van der Waals surface area contributed by atoms with Crippen molar-refractivity contribution in [2.75, 3.05) is 26.9 Å². The smallest absolute Gasteiger partial charge is 0.407 e. The number of fused-ring (bicyclic) bond motifs is 4. The summed E-state index contributed by atoms with van der Waals surface area (Å²) in [6, 6.07) is 20.5. The lowest BCUT2D eigenvalue weighted by atomic mass is 9.84. The Morgan fingerprint density at radius 3 is 1.98 bits per heavy atom. The normalized spacial score (nSPS) is 15.0. The lowest BCUT2D eigenvalue weighted by Gasteiger charge is -2.24. The van der Waals surface area contributed by atoms with Gasteiger partial charge in [0.15, 0.2) is 5.41 Å². The van der Waals surface area contributed by atoms with E-state index in [0.717, 1.165) is 38.9 Å². The van der Waals surface area contributed by atoms with Gasteiger partial charge >= 0.3 is 24.0 Å². The molecule has 0 spiro atoms. The second kappa shape index (κ2) is 12.7. The van der Waals surface area contributed by atoms with Crippen LogP contribution < -0.4 is 5.32 Å². The molecule has 2 aliphatic carbocycles. The number of nitrogens with one attached hydrogen (secondary N) is 1. The van der Waals surface area contributed by atoms with Gasteiger partial charge in [-0.05, 0) is 65.6 Å². The van der Waals surface area contributed by atoms with Gasteiger partial charge in [0.1, 0.15) is 12.6 Å². The SMILES string of the molecule is CCOC(=O)C1(C(=O)OCC)Cc2ccc(CC(NC(=O)OCC3c4ccccc4-c4ccccc43)C(=O)OC)cc2C1. The molecular formula is C34H35NO8. The molecule has 9 nitrogen and oxygen atoms in total.